The predicted octanol–water partition coefficient (Wildman–Crippen LogP) is 2.78. The molecule has 3 N–H and O–H groups in total. The van der Waals surface area contributed by atoms with Crippen LogP contribution in [-0.4, -0.2) is 47.7 Å². The van der Waals surface area contributed by atoms with Gasteiger partial charge in [-0.2, -0.15) is 11.8 Å². The molecule has 0 radical (unpaired) electrons. The Balaban J connectivity index is 2.59. The molecule has 3 atom stereocenters. The Morgan fingerprint density at radius 2 is 1.76 bits per heavy atom. The number of halogens is 1. The number of benzene rings is 1. The monoisotopic (exact) mass is 443 g/mol. The summed E-state index contributed by atoms with van der Waals surface area (Å²) >= 11 is 2.81. The second-order valence-electron chi connectivity index (χ2n) is 6.95. The van der Waals surface area contributed by atoms with Crippen molar-refractivity contribution in [2.45, 2.75) is 57.1 Å². The molecule has 0 aliphatic carbocycles. The van der Waals surface area contributed by atoms with Crippen LogP contribution in [0.15, 0.2) is 29.2 Å². The third-order valence-corrected chi connectivity index (χ3v) is 6.22. The van der Waals surface area contributed by atoms with Crippen LogP contribution in [0.2, 0.25) is 0 Å². The first-order valence-electron chi connectivity index (χ1n) is 9.60. The van der Waals surface area contributed by atoms with Gasteiger partial charge in [-0.15, -0.1) is 0 Å². The molecule has 29 heavy (non-hydrogen) atoms. The van der Waals surface area contributed by atoms with Crippen molar-refractivity contribution in [2.24, 2.45) is 5.92 Å². The van der Waals surface area contributed by atoms with Gasteiger partial charge in [0.2, 0.25) is 11.8 Å². The molecule has 0 bridgehead atoms. The number of hydrogen-bond acceptors (Lipinski definition) is 6. The van der Waals surface area contributed by atoms with Crippen molar-refractivity contribution >= 4 is 41.8 Å². The maximum atomic E-state index is 13.0. The summed E-state index contributed by atoms with van der Waals surface area (Å²) in [6.45, 7) is 7.39. The molecule has 1 aromatic rings. The van der Waals surface area contributed by atoms with E-state index in [1.165, 1.54) is 24.1 Å². The highest BCUT2D eigenvalue weighted by Crippen LogP contribution is 2.15. The highest BCUT2D eigenvalue weighted by molar-refractivity contribution is 7.99. The number of carbonyl (C=O) groups excluding carboxylic acids is 3. The molecule has 0 fully saturated rings. The first-order valence-corrected chi connectivity index (χ1v) is 11.6. The van der Waals surface area contributed by atoms with Gasteiger partial charge >= 0.3 is 0 Å². The summed E-state index contributed by atoms with van der Waals surface area (Å²) in [4.78, 5) is 37.1. The zero-order chi connectivity index (χ0) is 21.8. The Morgan fingerprint density at radius 3 is 2.31 bits per heavy atom. The Morgan fingerprint density at radius 1 is 1.10 bits per heavy atom. The van der Waals surface area contributed by atoms with E-state index in [1.54, 1.807) is 30.8 Å². The second kappa shape index (κ2) is 13.6. The van der Waals surface area contributed by atoms with Crippen LogP contribution in [-0.2, 0) is 14.4 Å². The number of thioether (sulfide) groups is 1. The minimum absolute atomic E-state index is 0.147. The number of aldehydes is 1. The van der Waals surface area contributed by atoms with Crippen LogP contribution in [0.25, 0.3) is 0 Å². The van der Waals surface area contributed by atoms with Crippen LogP contribution >= 0.6 is 23.7 Å². The van der Waals surface area contributed by atoms with Crippen molar-refractivity contribution in [3.8, 4) is 0 Å². The number of carbonyl (C=O) groups is 3. The smallest absolute Gasteiger partial charge is 0.243 e. The second-order valence-corrected chi connectivity index (χ2v) is 9.01. The minimum Gasteiger partial charge on any atom is -0.344 e. The van der Waals surface area contributed by atoms with Crippen molar-refractivity contribution in [1.82, 2.24) is 15.4 Å². The molecule has 0 saturated carbocycles. The molecule has 9 heteroatoms. The van der Waals surface area contributed by atoms with Gasteiger partial charge in [0.15, 0.2) is 0 Å². The zero-order valence-corrected chi connectivity index (χ0v) is 18.9. The third-order valence-electron chi connectivity index (χ3n) is 3.95. The highest BCUT2D eigenvalue weighted by atomic mass is 32.2. The number of nitrogens with one attached hydrogen (secondary N) is 3. The van der Waals surface area contributed by atoms with E-state index in [4.69, 9.17) is 0 Å². The van der Waals surface area contributed by atoms with E-state index in [-0.39, 0.29) is 23.5 Å². The molecule has 0 aromatic heterocycles. The van der Waals surface area contributed by atoms with Crippen LogP contribution in [0.3, 0.4) is 0 Å². The summed E-state index contributed by atoms with van der Waals surface area (Å²) in [6, 6.07) is 3.99. The molecular formula is C20H30FN3O3S2. The van der Waals surface area contributed by atoms with Crippen LogP contribution in [0, 0.1) is 11.7 Å². The van der Waals surface area contributed by atoms with Gasteiger partial charge in [-0.25, -0.2) is 9.11 Å². The van der Waals surface area contributed by atoms with Crippen LogP contribution in [0.1, 0.15) is 34.1 Å². The van der Waals surface area contributed by atoms with Gasteiger partial charge in [0.25, 0.3) is 0 Å². The number of hydrogen-bond donors (Lipinski definition) is 3. The highest BCUT2D eigenvalue weighted by Gasteiger charge is 2.27. The third kappa shape index (κ3) is 9.64. The quantitative estimate of drug-likeness (QED) is 0.247. The first kappa shape index (κ1) is 25.5. The Hall–Kier alpha value is -1.58. The molecule has 1 rings (SSSR count). The summed E-state index contributed by atoms with van der Waals surface area (Å²) in [5.41, 5.74) is 0. The maximum Gasteiger partial charge on any atom is 0.243 e. The van der Waals surface area contributed by atoms with Crippen LogP contribution in [0.5, 0.6) is 0 Å². The molecular weight excluding hydrogens is 413 g/mol. The van der Waals surface area contributed by atoms with Crippen molar-refractivity contribution < 1.29 is 18.8 Å². The Labute approximate surface area is 180 Å². The summed E-state index contributed by atoms with van der Waals surface area (Å²) < 4.78 is 15.9. The fraction of sp³-hybridized carbons (Fsp3) is 0.550. The topological polar surface area (TPSA) is 87.3 Å². The lowest BCUT2D eigenvalue weighted by molar-refractivity contribution is -0.131. The fourth-order valence-corrected chi connectivity index (χ4v) is 3.83. The lowest BCUT2D eigenvalue weighted by Crippen LogP contribution is -2.55. The maximum absolute atomic E-state index is 13.0. The van der Waals surface area contributed by atoms with Gasteiger partial charge in [-0.1, -0.05) is 20.8 Å². The van der Waals surface area contributed by atoms with Crippen LogP contribution in [0.4, 0.5) is 4.39 Å². The van der Waals surface area contributed by atoms with E-state index in [0.29, 0.717) is 5.75 Å². The van der Waals surface area contributed by atoms with Gasteiger partial charge in [-0.3, -0.25) is 9.59 Å². The fourth-order valence-electron chi connectivity index (χ4n) is 2.27. The van der Waals surface area contributed by atoms with Crippen molar-refractivity contribution in [3.63, 3.8) is 0 Å². The molecule has 1 aromatic carbocycles. The van der Waals surface area contributed by atoms with Crippen LogP contribution < -0.4 is 15.4 Å². The normalized spacial score (nSPS) is 14.1. The van der Waals surface area contributed by atoms with E-state index in [9.17, 15) is 18.8 Å². The van der Waals surface area contributed by atoms with E-state index in [0.717, 1.165) is 23.4 Å². The molecule has 1 unspecified atom stereocenters. The first-order chi connectivity index (χ1) is 13.8. The van der Waals surface area contributed by atoms with Gasteiger partial charge in [0, 0.05) is 10.6 Å². The van der Waals surface area contributed by atoms with Gasteiger partial charge in [-0.05, 0) is 61.2 Å². The lowest BCUT2D eigenvalue weighted by atomic mass is 10.0. The molecule has 0 spiro atoms. The molecule has 2 amide bonds. The van der Waals surface area contributed by atoms with E-state index in [1.807, 2.05) is 13.8 Å². The molecule has 0 saturated heterocycles. The summed E-state index contributed by atoms with van der Waals surface area (Å²) in [7, 11) is 0. The number of rotatable bonds is 13. The molecule has 0 aliphatic heterocycles. The van der Waals surface area contributed by atoms with Crippen molar-refractivity contribution in [3.05, 3.63) is 30.1 Å². The van der Waals surface area contributed by atoms with Gasteiger partial charge < -0.3 is 15.4 Å². The van der Waals surface area contributed by atoms with E-state index in [2.05, 4.69) is 22.3 Å². The standard InChI is InChI=1S/C20H30FN3O3S2/c1-5-10-28-12-16(11-25)22-20(27)18(13(2)3)23-19(26)14(4)24-29-17-8-6-15(21)7-9-17/h6-9,11,13-14,16,18,24H,5,10,12H2,1-4H3,(H,22,27)(H,23,26)/t14-,16+,18?/m0/s1. The Bertz CT molecular complexity index is 659. The molecule has 0 heterocycles. The van der Waals surface area contributed by atoms with Gasteiger partial charge in [0.1, 0.15) is 18.1 Å². The number of amides is 2. The molecule has 0 aliphatic rings. The summed E-state index contributed by atoms with van der Waals surface area (Å²) in [6.07, 6.45) is 1.72. The summed E-state index contributed by atoms with van der Waals surface area (Å²) in [5, 5.41) is 5.46. The van der Waals surface area contributed by atoms with E-state index >= 15 is 0 Å². The average molecular weight is 444 g/mol. The molecule has 6 nitrogen and oxygen atoms in total. The predicted molar refractivity (Wildman–Crippen MR) is 117 cm³/mol. The Kier molecular flexibility index (Phi) is 11.9. The summed E-state index contributed by atoms with van der Waals surface area (Å²) in [5.74, 6) is 0.240. The minimum atomic E-state index is -0.749. The van der Waals surface area contributed by atoms with Crippen molar-refractivity contribution in [2.75, 3.05) is 11.5 Å². The lowest BCUT2D eigenvalue weighted by Gasteiger charge is -2.25. The zero-order valence-electron chi connectivity index (χ0n) is 17.2. The SMILES string of the molecule is CCCSC[C@@H](C=O)NC(=O)C(NC(=O)[C@H](C)NSc1ccc(F)cc1)C(C)C. The largest absolute Gasteiger partial charge is 0.344 e. The van der Waals surface area contributed by atoms with E-state index < -0.39 is 18.1 Å². The van der Waals surface area contributed by atoms with Gasteiger partial charge in [0.05, 0.1) is 12.1 Å². The van der Waals surface area contributed by atoms with Crippen molar-refractivity contribution in [1.29, 1.82) is 0 Å². The average Bonchev–Trinajstić information content (AvgIpc) is 2.70. The molecule has 162 valence electrons.